The molecule has 0 aromatic rings. The smallest absolute Gasteiger partial charge is 0.0584 e. The standard InChI is InChI=1S/C8H17NO/c1-3-8(2)5-4-7(6-10)9-8/h7,9-10H,3-6H2,1-2H3. The third kappa shape index (κ3) is 1.50. The number of aliphatic hydroxyl groups excluding tert-OH is 1. The lowest BCUT2D eigenvalue weighted by molar-refractivity contribution is 0.241. The highest BCUT2D eigenvalue weighted by Gasteiger charge is 2.31. The lowest BCUT2D eigenvalue weighted by Crippen LogP contribution is -2.40. The number of nitrogens with one attached hydrogen (secondary N) is 1. The normalized spacial score (nSPS) is 40.5. The molecule has 0 spiro atoms. The van der Waals surface area contributed by atoms with E-state index < -0.39 is 0 Å². The van der Waals surface area contributed by atoms with Gasteiger partial charge in [-0.15, -0.1) is 0 Å². The predicted molar refractivity (Wildman–Crippen MR) is 41.9 cm³/mol. The molecular weight excluding hydrogens is 126 g/mol. The monoisotopic (exact) mass is 143 g/mol. The second kappa shape index (κ2) is 2.89. The van der Waals surface area contributed by atoms with E-state index in [1.807, 2.05) is 0 Å². The third-order valence-electron chi connectivity index (χ3n) is 2.60. The van der Waals surface area contributed by atoms with Crippen molar-refractivity contribution in [3.8, 4) is 0 Å². The Morgan fingerprint density at radius 3 is 2.70 bits per heavy atom. The molecule has 0 aromatic heterocycles. The van der Waals surface area contributed by atoms with E-state index in [2.05, 4.69) is 19.2 Å². The predicted octanol–water partition coefficient (Wildman–Crippen LogP) is 0.899. The zero-order chi connectivity index (χ0) is 7.61. The first-order valence-electron chi connectivity index (χ1n) is 4.09. The zero-order valence-corrected chi connectivity index (χ0v) is 6.85. The third-order valence-corrected chi connectivity index (χ3v) is 2.60. The van der Waals surface area contributed by atoms with Gasteiger partial charge < -0.3 is 10.4 Å². The molecule has 0 aromatic carbocycles. The number of hydrogen-bond acceptors (Lipinski definition) is 2. The van der Waals surface area contributed by atoms with Crippen LogP contribution in [0.3, 0.4) is 0 Å². The topological polar surface area (TPSA) is 32.3 Å². The Bertz CT molecular complexity index is 116. The Balaban J connectivity index is 2.41. The van der Waals surface area contributed by atoms with Crippen LogP contribution in [0.1, 0.15) is 33.1 Å². The summed E-state index contributed by atoms with van der Waals surface area (Å²) in [4.78, 5) is 0. The van der Waals surface area contributed by atoms with E-state index in [1.165, 1.54) is 6.42 Å². The van der Waals surface area contributed by atoms with Crippen molar-refractivity contribution in [2.24, 2.45) is 0 Å². The van der Waals surface area contributed by atoms with Crippen LogP contribution < -0.4 is 5.32 Å². The molecule has 60 valence electrons. The van der Waals surface area contributed by atoms with Gasteiger partial charge in [-0.05, 0) is 26.2 Å². The Kier molecular flexibility index (Phi) is 2.32. The fourth-order valence-electron chi connectivity index (χ4n) is 1.55. The molecule has 1 aliphatic rings. The van der Waals surface area contributed by atoms with Gasteiger partial charge in [0.1, 0.15) is 0 Å². The summed E-state index contributed by atoms with van der Waals surface area (Å²) in [7, 11) is 0. The van der Waals surface area contributed by atoms with Crippen molar-refractivity contribution >= 4 is 0 Å². The van der Waals surface area contributed by atoms with Gasteiger partial charge in [0.05, 0.1) is 6.61 Å². The van der Waals surface area contributed by atoms with E-state index in [-0.39, 0.29) is 6.61 Å². The molecule has 1 fully saturated rings. The van der Waals surface area contributed by atoms with Crippen LogP contribution in [-0.2, 0) is 0 Å². The van der Waals surface area contributed by atoms with Crippen molar-refractivity contribution in [3.63, 3.8) is 0 Å². The minimum atomic E-state index is 0.287. The van der Waals surface area contributed by atoms with Crippen LogP contribution in [0.2, 0.25) is 0 Å². The first-order chi connectivity index (χ1) is 4.70. The van der Waals surface area contributed by atoms with Crippen molar-refractivity contribution in [3.05, 3.63) is 0 Å². The Morgan fingerprint density at radius 1 is 1.70 bits per heavy atom. The number of rotatable bonds is 2. The van der Waals surface area contributed by atoms with Gasteiger partial charge in [0, 0.05) is 11.6 Å². The summed E-state index contributed by atoms with van der Waals surface area (Å²) in [5, 5.41) is 12.2. The Morgan fingerprint density at radius 2 is 2.40 bits per heavy atom. The average Bonchev–Trinajstić information content (AvgIpc) is 2.33. The van der Waals surface area contributed by atoms with E-state index in [1.54, 1.807) is 0 Å². The zero-order valence-electron chi connectivity index (χ0n) is 6.85. The van der Waals surface area contributed by atoms with Gasteiger partial charge in [-0.1, -0.05) is 6.92 Å². The van der Waals surface area contributed by atoms with Crippen molar-refractivity contribution in [2.75, 3.05) is 6.61 Å². The second-order valence-corrected chi connectivity index (χ2v) is 3.48. The van der Waals surface area contributed by atoms with Gasteiger partial charge in [-0.3, -0.25) is 0 Å². The van der Waals surface area contributed by atoms with Gasteiger partial charge in [0.15, 0.2) is 0 Å². The maximum atomic E-state index is 8.83. The quantitative estimate of drug-likeness (QED) is 0.602. The lowest BCUT2D eigenvalue weighted by atomic mass is 9.97. The second-order valence-electron chi connectivity index (χ2n) is 3.48. The first kappa shape index (κ1) is 8.02. The molecule has 1 saturated heterocycles. The van der Waals surface area contributed by atoms with Crippen LogP contribution in [0, 0.1) is 0 Å². The van der Waals surface area contributed by atoms with Crippen molar-refractivity contribution < 1.29 is 5.11 Å². The number of hydrogen-bond donors (Lipinski definition) is 2. The molecule has 0 bridgehead atoms. The maximum Gasteiger partial charge on any atom is 0.0584 e. The molecule has 2 unspecified atom stereocenters. The first-order valence-corrected chi connectivity index (χ1v) is 4.09. The largest absolute Gasteiger partial charge is 0.395 e. The fourth-order valence-corrected chi connectivity index (χ4v) is 1.55. The van der Waals surface area contributed by atoms with Crippen LogP contribution in [0.5, 0.6) is 0 Å². The van der Waals surface area contributed by atoms with Crippen LogP contribution in [0.4, 0.5) is 0 Å². The Hall–Kier alpha value is -0.0800. The van der Waals surface area contributed by atoms with Crippen molar-refractivity contribution in [2.45, 2.75) is 44.7 Å². The fraction of sp³-hybridized carbons (Fsp3) is 1.00. The highest BCUT2D eigenvalue weighted by Crippen LogP contribution is 2.25. The van der Waals surface area contributed by atoms with E-state index in [0.29, 0.717) is 11.6 Å². The molecule has 0 aliphatic carbocycles. The molecule has 0 saturated carbocycles. The highest BCUT2D eigenvalue weighted by atomic mass is 16.3. The van der Waals surface area contributed by atoms with Gasteiger partial charge in [-0.25, -0.2) is 0 Å². The van der Waals surface area contributed by atoms with E-state index in [4.69, 9.17) is 5.11 Å². The summed E-state index contributed by atoms with van der Waals surface area (Å²) in [6, 6.07) is 0.352. The molecule has 2 atom stereocenters. The molecule has 1 heterocycles. The summed E-state index contributed by atoms with van der Waals surface area (Å²) in [6.07, 6.45) is 3.49. The molecule has 2 N–H and O–H groups in total. The summed E-state index contributed by atoms with van der Waals surface area (Å²) in [5.74, 6) is 0. The van der Waals surface area contributed by atoms with E-state index >= 15 is 0 Å². The van der Waals surface area contributed by atoms with Crippen LogP contribution in [0.15, 0.2) is 0 Å². The van der Waals surface area contributed by atoms with Gasteiger partial charge >= 0.3 is 0 Å². The van der Waals surface area contributed by atoms with Crippen LogP contribution in [0.25, 0.3) is 0 Å². The molecule has 1 aliphatic heterocycles. The molecule has 10 heavy (non-hydrogen) atoms. The van der Waals surface area contributed by atoms with Gasteiger partial charge in [0.2, 0.25) is 0 Å². The summed E-state index contributed by atoms with van der Waals surface area (Å²) in [5.41, 5.74) is 0.299. The van der Waals surface area contributed by atoms with Gasteiger partial charge in [-0.2, -0.15) is 0 Å². The van der Waals surface area contributed by atoms with Crippen molar-refractivity contribution in [1.29, 1.82) is 0 Å². The minimum Gasteiger partial charge on any atom is -0.395 e. The molecule has 2 heteroatoms. The Labute approximate surface area is 62.6 Å². The molecular formula is C8H17NO. The van der Waals surface area contributed by atoms with Crippen LogP contribution >= 0.6 is 0 Å². The highest BCUT2D eigenvalue weighted by molar-refractivity contribution is 4.92. The molecule has 1 rings (SSSR count). The number of aliphatic hydroxyl groups is 1. The van der Waals surface area contributed by atoms with Crippen LogP contribution in [-0.4, -0.2) is 23.3 Å². The minimum absolute atomic E-state index is 0.287. The SMILES string of the molecule is CCC1(C)CCC(CO)N1. The van der Waals surface area contributed by atoms with E-state index in [9.17, 15) is 0 Å². The van der Waals surface area contributed by atoms with E-state index in [0.717, 1.165) is 12.8 Å². The summed E-state index contributed by atoms with van der Waals surface area (Å²) >= 11 is 0. The summed E-state index contributed by atoms with van der Waals surface area (Å²) < 4.78 is 0. The average molecular weight is 143 g/mol. The molecule has 0 radical (unpaired) electrons. The van der Waals surface area contributed by atoms with Gasteiger partial charge in [0.25, 0.3) is 0 Å². The molecule has 0 amide bonds. The maximum absolute atomic E-state index is 8.83. The summed E-state index contributed by atoms with van der Waals surface area (Å²) in [6.45, 7) is 4.70. The molecule has 2 nitrogen and oxygen atoms in total. The van der Waals surface area contributed by atoms with Crippen molar-refractivity contribution in [1.82, 2.24) is 5.32 Å². The lowest BCUT2D eigenvalue weighted by Gasteiger charge is -2.23.